The van der Waals surface area contributed by atoms with Gasteiger partial charge in [-0.25, -0.2) is 4.98 Å². The number of nitrogens with zero attached hydrogens (tertiary/aromatic N) is 3. The van der Waals surface area contributed by atoms with Gasteiger partial charge in [0.25, 0.3) is 17.4 Å². The van der Waals surface area contributed by atoms with Crippen molar-refractivity contribution in [1.82, 2.24) is 19.8 Å². The molecule has 234 valence electrons. The molecule has 0 bridgehead atoms. The lowest BCUT2D eigenvalue weighted by Crippen LogP contribution is -2.46. The van der Waals surface area contributed by atoms with Crippen molar-refractivity contribution in [3.05, 3.63) is 106 Å². The number of carbonyl (C=O) groups excluding carboxylic acids is 2. The summed E-state index contributed by atoms with van der Waals surface area (Å²) in [6.45, 7) is 5.47. The molecule has 1 saturated heterocycles. The second kappa shape index (κ2) is 13.4. The van der Waals surface area contributed by atoms with Crippen molar-refractivity contribution in [2.75, 3.05) is 43.5 Å². The van der Waals surface area contributed by atoms with E-state index in [1.165, 1.54) is 10.8 Å². The van der Waals surface area contributed by atoms with Crippen LogP contribution in [0.3, 0.4) is 0 Å². The average Bonchev–Trinajstić information content (AvgIpc) is 3.07. The Balaban J connectivity index is 1.38. The van der Waals surface area contributed by atoms with E-state index in [0.29, 0.717) is 52.4 Å². The van der Waals surface area contributed by atoms with E-state index >= 15 is 0 Å². The second-order valence-electron chi connectivity index (χ2n) is 11.7. The number of aryl methyl sites for hydroxylation is 1. The van der Waals surface area contributed by atoms with Gasteiger partial charge >= 0.3 is 0 Å². The standard InChI is InChI=1S/C34H37FN6O4/c1-34(2,21-35)25-10-7-22(8-11-25)31(43)39-28-6-4-5-26(27(28)20-42)24-17-29(33(45)40(3)19-24)38-30-12-9-23(18-37-30)32(44)41-15-13-36-14-16-41/h4-12,17-19,36,42H,13-16,20-21H2,1-3H3,(H,37,38)(H,39,43). The molecule has 4 N–H and O–H groups in total. The van der Waals surface area contributed by atoms with Gasteiger partial charge in [-0.05, 0) is 47.5 Å². The fraction of sp³-hybridized carbons (Fsp3) is 0.294. The molecule has 1 fully saturated rings. The minimum absolute atomic E-state index is 0.0882. The summed E-state index contributed by atoms with van der Waals surface area (Å²) in [5.41, 5.74) is 3.09. The molecule has 2 aromatic carbocycles. The van der Waals surface area contributed by atoms with Gasteiger partial charge < -0.3 is 30.5 Å². The summed E-state index contributed by atoms with van der Waals surface area (Å²) in [4.78, 5) is 45.1. The van der Waals surface area contributed by atoms with E-state index in [2.05, 4.69) is 20.9 Å². The Morgan fingerprint density at radius 2 is 1.73 bits per heavy atom. The first-order chi connectivity index (χ1) is 21.6. The number of aliphatic hydroxyl groups excluding tert-OH is 1. The van der Waals surface area contributed by atoms with Gasteiger partial charge in [-0.15, -0.1) is 0 Å². The van der Waals surface area contributed by atoms with Crippen LogP contribution >= 0.6 is 0 Å². The maximum atomic E-state index is 13.4. The van der Waals surface area contributed by atoms with Crippen LogP contribution in [0.4, 0.5) is 21.6 Å². The number of aliphatic hydroxyl groups is 1. The molecule has 0 spiro atoms. The number of anilines is 3. The molecule has 1 aliphatic heterocycles. The van der Waals surface area contributed by atoms with Crippen LogP contribution < -0.4 is 21.5 Å². The van der Waals surface area contributed by atoms with Gasteiger partial charge in [0.05, 0.1) is 18.8 Å². The number of aromatic nitrogens is 2. The molecule has 11 heteroatoms. The Hall–Kier alpha value is -4.87. The van der Waals surface area contributed by atoms with E-state index < -0.39 is 12.1 Å². The Labute approximate surface area is 260 Å². The Morgan fingerprint density at radius 1 is 1.02 bits per heavy atom. The lowest BCUT2D eigenvalue weighted by molar-refractivity contribution is 0.0735. The monoisotopic (exact) mass is 612 g/mol. The minimum Gasteiger partial charge on any atom is -0.392 e. The summed E-state index contributed by atoms with van der Waals surface area (Å²) in [6.07, 6.45) is 3.15. The third-order valence-electron chi connectivity index (χ3n) is 8.02. The van der Waals surface area contributed by atoms with E-state index in [1.807, 2.05) is 0 Å². The average molecular weight is 613 g/mol. The van der Waals surface area contributed by atoms with Crippen molar-refractivity contribution in [3.8, 4) is 11.1 Å². The third kappa shape index (κ3) is 6.95. The maximum absolute atomic E-state index is 13.4. The summed E-state index contributed by atoms with van der Waals surface area (Å²) in [6, 6.07) is 17.0. The van der Waals surface area contributed by atoms with Gasteiger partial charge in [0.2, 0.25) is 0 Å². The number of alkyl halides is 1. The van der Waals surface area contributed by atoms with Crippen LogP contribution in [0.15, 0.2) is 77.9 Å². The van der Waals surface area contributed by atoms with Crippen molar-refractivity contribution in [2.45, 2.75) is 25.9 Å². The molecule has 2 aromatic heterocycles. The quantitative estimate of drug-likeness (QED) is 0.223. The summed E-state index contributed by atoms with van der Waals surface area (Å²) < 4.78 is 14.8. The number of rotatable bonds is 9. The van der Waals surface area contributed by atoms with Gasteiger partial charge in [-0.1, -0.05) is 38.1 Å². The SMILES string of the molecule is Cn1cc(-c2cccc(NC(=O)c3ccc(C(C)(C)CF)cc3)c2CO)cc(Nc2ccc(C(=O)N3CCNCC3)cn2)c1=O. The predicted molar refractivity (Wildman–Crippen MR) is 173 cm³/mol. The number of piperazine rings is 1. The molecule has 4 aromatic rings. The number of halogens is 1. The zero-order valence-electron chi connectivity index (χ0n) is 25.6. The largest absolute Gasteiger partial charge is 0.392 e. The normalized spacial score (nSPS) is 13.4. The van der Waals surface area contributed by atoms with Crippen LogP contribution in [0.5, 0.6) is 0 Å². The lowest BCUT2D eigenvalue weighted by Gasteiger charge is -2.27. The Morgan fingerprint density at radius 3 is 2.38 bits per heavy atom. The molecule has 0 aliphatic carbocycles. The summed E-state index contributed by atoms with van der Waals surface area (Å²) in [5.74, 6) is -0.0700. The van der Waals surface area contributed by atoms with Crippen LogP contribution in [0, 0.1) is 0 Å². The highest BCUT2D eigenvalue weighted by Crippen LogP contribution is 2.31. The number of nitrogens with one attached hydrogen (secondary N) is 3. The number of hydrogen-bond acceptors (Lipinski definition) is 7. The number of carbonyl (C=O) groups is 2. The highest BCUT2D eigenvalue weighted by Gasteiger charge is 2.22. The van der Waals surface area contributed by atoms with E-state index in [1.54, 1.807) is 92.7 Å². The Bertz CT molecular complexity index is 1750. The number of pyridine rings is 2. The van der Waals surface area contributed by atoms with Crippen LogP contribution in [0.1, 0.15) is 45.7 Å². The van der Waals surface area contributed by atoms with Crippen LogP contribution in [-0.4, -0.2) is 64.2 Å². The summed E-state index contributed by atoms with van der Waals surface area (Å²) in [7, 11) is 1.62. The van der Waals surface area contributed by atoms with Crippen molar-refractivity contribution in [3.63, 3.8) is 0 Å². The molecule has 10 nitrogen and oxygen atoms in total. The van der Waals surface area contributed by atoms with E-state index in [-0.39, 0.29) is 29.7 Å². The van der Waals surface area contributed by atoms with Crippen molar-refractivity contribution < 1.29 is 19.1 Å². The molecule has 45 heavy (non-hydrogen) atoms. The topological polar surface area (TPSA) is 129 Å². The molecule has 0 unspecified atom stereocenters. The smallest absolute Gasteiger partial charge is 0.274 e. The first-order valence-corrected chi connectivity index (χ1v) is 14.8. The minimum atomic E-state index is -0.652. The van der Waals surface area contributed by atoms with Gasteiger partial charge in [0.1, 0.15) is 11.5 Å². The fourth-order valence-electron chi connectivity index (χ4n) is 5.22. The zero-order chi connectivity index (χ0) is 32.1. The van der Waals surface area contributed by atoms with E-state index in [4.69, 9.17) is 0 Å². The number of hydrogen-bond donors (Lipinski definition) is 4. The first kappa shape index (κ1) is 31.6. The summed E-state index contributed by atoms with van der Waals surface area (Å²) in [5, 5.41) is 19.5. The highest BCUT2D eigenvalue weighted by molar-refractivity contribution is 6.05. The van der Waals surface area contributed by atoms with Crippen molar-refractivity contribution >= 4 is 29.0 Å². The van der Waals surface area contributed by atoms with E-state index in [0.717, 1.165) is 18.7 Å². The van der Waals surface area contributed by atoms with Gasteiger partial charge in [-0.3, -0.25) is 18.8 Å². The molecule has 1 aliphatic rings. The van der Waals surface area contributed by atoms with Crippen LogP contribution in [-0.2, 0) is 19.1 Å². The second-order valence-corrected chi connectivity index (χ2v) is 11.7. The molecule has 2 amide bonds. The fourth-order valence-corrected chi connectivity index (χ4v) is 5.22. The van der Waals surface area contributed by atoms with Crippen molar-refractivity contribution in [2.24, 2.45) is 7.05 Å². The third-order valence-corrected chi connectivity index (χ3v) is 8.02. The van der Waals surface area contributed by atoms with Gasteiger partial charge in [0, 0.05) is 73.4 Å². The molecule has 5 rings (SSSR count). The van der Waals surface area contributed by atoms with Crippen LogP contribution in [0.2, 0.25) is 0 Å². The number of benzene rings is 2. The van der Waals surface area contributed by atoms with Crippen molar-refractivity contribution in [1.29, 1.82) is 0 Å². The predicted octanol–water partition coefficient (Wildman–Crippen LogP) is 4.23. The molecule has 0 saturated carbocycles. The number of amides is 2. The van der Waals surface area contributed by atoms with Crippen LogP contribution in [0.25, 0.3) is 11.1 Å². The molecule has 0 radical (unpaired) electrons. The molecule has 0 atom stereocenters. The highest BCUT2D eigenvalue weighted by atomic mass is 19.1. The zero-order valence-corrected chi connectivity index (χ0v) is 25.6. The Kier molecular flexibility index (Phi) is 9.40. The molecular formula is C34H37FN6O4. The maximum Gasteiger partial charge on any atom is 0.274 e. The lowest BCUT2D eigenvalue weighted by atomic mass is 9.86. The molecular weight excluding hydrogens is 575 g/mol. The van der Waals surface area contributed by atoms with E-state index in [9.17, 15) is 23.9 Å². The van der Waals surface area contributed by atoms with Gasteiger partial charge in [-0.2, -0.15) is 0 Å². The van der Waals surface area contributed by atoms with Gasteiger partial charge in [0.15, 0.2) is 0 Å². The molecule has 3 heterocycles. The first-order valence-electron chi connectivity index (χ1n) is 14.8. The summed E-state index contributed by atoms with van der Waals surface area (Å²) >= 11 is 0.